The number of carboxylic acid groups (broad SMARTS) is 1. The third-order valence-corrected chi connectivity index (χ3v) is 3.56. The van der Waals surface area contributed by atoms with E-state index >= 15 is 0 Å². The van der Waals surface area contributed by atoms with Gasteiger partial charge in [0, 0.05) is 12.6 Å². The molecule has 1 atom stereocenters. The molecule has 17 heavy (non-hydrogen) atoms. The largest absolute Gasteiger partial charge is 0.478 e. The van der Waals surface area contributed by atoms with Gasteiger partial charge in [0.2, 0.25) is 0 Å². The van der Waals surface area contributed by atoms with Gasteiger partial charge in [0.1, 0.15) is 0 Å². The molecule has 1 aliphatic heterocycles. The number of aromatic carboxylic acids is 1. The van der Waals surface area contributed by atoms with E-state index < -0.39 is 5.97 Å². The molecule has 1 N–H and O–H groups in total. The van der Waals surface area contributed by atoms with E-state index in [9.17, 15) is 9.90 Å². The average molecular weight is 233 g/mol. The molecule has 0 bridgehead atoms. The first-order chi connectivity index (χ1) is 8.11. The molecule has 3 heteroatoms. The van der Waals surface area contributed by atoms with Crippen molar-refractivity contribution in [1.29, 1.82) is 0 Å². The Labute approximate surface area is 102 Å². The number of carboxylic acids is 1. The molecule has 1 aromatic rings. The van der Waals surface area contributed by atoms with E-state index in [-0.39, 0.29) is 0 Å². The molecule has 0 saturated carbocycles. The van der Waals surface area contributed by atoms with Crippen LogP contribution in [0.2, 0.25) is 0 Å². The van der Waals surface area contributed by atoms with Crippen LogP contribution < -0.4 is 4.90 Å². The molecular weight excluding hydrogens is 214 g/mol. The molecule has 1 aromatic carbocycles. The lowest BCUT2D eigenvalue weighted by molar-refractivity contribution is 0.0697. The van der Waals surface area contributed by atoms with Crippen LogP contribution in [0, 0.1) is 6.92 Å². The van der Waals surface area contributed by atoms with Crippen molar-refractivity contribution in [2.24, 2.45) is 0 Å². The fourth-order valence-corrected chi connectivity index (χ4v) is 2.64. The predicted molar refractivity (Wildman–Crippen MR) is 68.8 cm³/mol. The highest BCUT2D eigenvalue weighted by Gasteiger charge is 2.24. The van der Waals surface area contributed by atoms with Crippen molar-refractivity contribution in [2.75, 3.05) is 11.4 Å². The average Bonchev–Trinajstić information content (AvgIpc) is 2.30. The number of nitrogens with zero attached hydrogens (tertiary/aromatic N) is 1. The minimum Gasteiger partial charge on any atom is -0.478 e. The fourth-order valence-electron chi connectivity index (χ4n) is 2.64. The highest BCUT2D eigenvalue weighted by atomic mass is 16.4. The summed E-state index contributed by atoms with van der Waals surface area (Å²) in [5.74, 6) is -0.832. The van der Waals surface area contributed by atoms with Gasteiger partial charge in [-0.15, -0.1) is 0 Å². The van der Waals surface area contributed by atoms with Gasteiger partial charge >= 0.3 is 5.97 Å². The summed E-state index contributed by atoms with van der Waals surface area (Å²) in [6.45, 7) is 5.13. The molecule has 1 saturated heterocycles. The molecule has 0 aliphatic carbocycles. The number of benzene rings is 1. The zero-order valence-corrected chi connectivity index (χ0v) is 10.4. The normalized spacial score (nSPS) is 20.4. The third kappa shape index (κ3) is 2.28. The van der Waals surface area contributed by atoms with Gasteiger partial charge in [-0.25, -0.2) is 4.79 Å². The number of anilines is 1. The molecular formula is C14H19NO2. The van der Waals surface area contributed by atoms with Crippen LogP contribution in [0.5, 0.6) is 0 Å². The first-order valence-electron chi connectivity index (χ1n) is 6.21. The standard InChI is InChI=1S/C14H19NO2/c1-10-6-5-8-12(14(16)17)13(10)15-9-4-3-7-11(15)2/h5-6,8,11H,3-4,7,9H2,1-2H3,(H,16,17). The van der Waals surface area contributed by atoms with Crippen LogP contribution in [0.15, 0.2) is 18.2 Å². The SMILES string of the molecule is Cc1cccc(C(=O)O)c1N1CCCCC1C. The van der Waals surface area contributed by atoms with Crippen molar-refractivity contribution in [3.8, 4) is 0 Å². The summed E-state index contributed by atoms with van der Waals surface area (Å²) in [7, 11) is 0. The molecule has 1 unspecified atom stereocenters. The Morgan fingerprint density at radius 1 is 1.41 bits per heavy atom. The summed E-state index contributed by atoms with van der Waals surface area (Å²) in [5.41, 5.74) is 2.39. The van der Waals surface area contributed by atoms with Crippen molar-refractivity contribution in [1.82, 2.24) is 0 Å². The van der Waals surface area contributed by atoms with Crippen LogP contribution in [0.3, 0.4) is 0 Å². The monoisotopic (exact) mass is 233 g/mol. The fraction of sp³-hybridized carbons (Fsp3) is 0.500. The second-order valence-corrected chi connectivity index (χ2v) is 4.81. The number of hydrogen-bond donors (Lipinski definition) is 1. The predicted octanol–water partition coefficient (Wildman–Crippen LogP) is 3.07. The molecule has 3 nitrogen and oxygen atoms in total. The molecule has 1 aliphatic rings. The van der Waals surface area contributed by atoms with Gasteiger partial charge in [-0.2, -0.15) is 0 Å². The Morgan fingerprint density at radius 2 is 2.18 bits per heavy atom. The van der Waals surface area contributed by atoms with Crippen LogP contribution in [0.1, 0.15) is 42.1 Å². The Balaban J connectivity index is 2.45. The number of para-hydroxylation sites is 1. The first kappa shape index (κ1) is 12.0. The molecule has 0 spiro atoms. The van der Waals surface area contributed by atoms with Crippen LogP contribution in [-0.4, -0.2) is 23.7 Å². The number of piperidine rings is 1. The van der Waals surface area contributed by atoms with Crippen molar-refractivity contribution in [3.05, 3.63) is 29.3 Å². The van der Waals surface area contributed by atoms with Crippen molar-refractivity contribution in [2.45, 2.75) is 39.2 Å². The Kier molecular flexibility index (Phi) is 3.36. The lowest BCUT2D eigenvalue weighted by Crippen LogP contribution is -2.38. The summed E-state index contributed by atoms with van der Waals surface area (Å²) in [4.78, 5) is 13.5. The molecule has 1 heterocycles. The lowest BCUT2D eigenvalue weighted by atomic mass is 9.99. The van der Waals surface area contributed by atoms with Crippen molar-refractivity contribution >= 4 is 11.7 Å². The van der Waals surface area contributed by atoms with Crippen molar-refractivity contribution < 1.29 is 9.90 Å². The van der Waals surface area contributed by atoms with Crippen molar-refractivity contribution in [3.63, 3.8) is 0 Å². The number of aryl methyl sites for hydroxylation is 1. The minimum atomic E-state index is -0.832. The quantitative estimate of drug-likeness (QED) is 0.853. The van der Waals surface area contributed by atoms with E-state index in [0.717, 1.165) is 30.6 Å². The Morgan fingerprint density at radius 3 is 2.82 bits per heavy atom. The Bertz CT molecular complexity index is 428. The number of rotatable bonds is 2. The highest BCUT2D eigenvalue weighted by Crippen LogP contribution is 2.30. The van der Waals surface area contributed by atoms with Gasteiger partial charge in [-0.05, 0) is 44.7 Å². The van der Waals surface area contributed by atoms with Gasteiger partial charge in [0.05, 0.1) is 11.3 Å². The number of carbonyl (C=O) groups is 1. The lowest BCUT2D eigenvalue weighted by Gasteiger charge is -2.37. The van der Waals surface area contributed by atoms with E-state index in [2.05, 4.69) is 11.8 Å². The maximum absolute atomic E-state index is 11.3. The topological polar surface area (TPSA) is 40.5 Å². The van der Waals surface area contributed by atoms with E-state index in [4.69, 9.17) is 0 Å². The zero-order chi connectivity index (χ0) is 12.4. The van der Waals surface area contributed by atoms with E-state index in [1.807, 2.05) is 19.1 Å². The van der Waals surface area contributed by atoms with E-state index in [1.54, 1.807) is 6.07 Å². The first-order valence-corrected chi connectivity index (χ1v) is 6.21. The second-order valence-electron chi connectivity index (χ2n) is 4.81. The van der Waals surface area contributed by atoms with Gasteiger partial charge < -0.3 is 10.0 Å². The van der Waals surface area contributed by atoms with Gasteiger partial charge in [-0.3, -0.25) is 0 Å². The highest BCUT2D eigenvalue weighted by molar-refractivity contribution is 5.95. The van der Waals surface area contributed by atoms with Crippen LogP contribution in [0.4, 0.5) is 5.69 Å². The summed E-state index contributed by atoms with van der Waals surface area (Å²) < 4.78 is 0. The summed E-state index contributed by atoms with van der Waals surface area (Å²) in [5, 5.41) is 9.28. The molecule has 0 amide bonds. The molecule has 2 rings (SSSR count). The Hall–Kier alpha value is -1.51. The van der Waals surface area contributed by atoms with Crippen LogP contribution in [0.25, 0.3) is 0 Å². The van der Waals surface area contributed by atoms with Gasteiger partial charge in [-0.1, -0.05) is 12.1 Å². The smallest absolute Gasteiger partial charge is 0.337 e. The van der Waals surface area contributed by atoms with Gasteiger partial charge in [0.25, 0.3) is 0 Å². The van der Waals surface area contributed by atoms with Crippen LogP contribution >= 0.6 is 0 Å². The molecule has 0 aromatic heterocycles. The second kappa shape index (κ2) is 4.78. The summed E-state index contributed by atoms with van der Waals surface area (Å²) in [6.07, 6.45) is 3.54. The maximum Gasteiger partial charge on any atom is 0.337 e. The zero-order valence-electron chi connectivity index (χ0n) is 10.4. The van der Waals surface area contributed by atoms with Crippen LogP contribution in [-0.2, 0) is 0 Å². The maximum atomic E-state index is 11.3. The number of hydrogen-bond acceptors (Lipinski definition) is 2. The van der Waals surface area contributed by atoms with E-state index in [0.29, 0.717) is 11.6 Å². The molecule has 1 fully saturated rings. The minimum absolute atomic E-state index is 0.429. The summed E-state index contributed by atoms with van der Waals surface area (Å²) >= 11 is 0. The summed E-state index contributed by atoms with van der Waals surface area (Å²) in [6, 6.07) is 5.94. The van der Waals surface area contributed by atoms with Gasteiger partial charge in [0.15, 0.2) is 0 Å². The van der Waals surface area contributed by atoms with E-state index in [1.165, 1.54) is 6.42 Å². The third-order valence-electron chi connectivity index (χ3n) is 3.56. The molecule has 92 valence electrons. The molecule has 0 radical (unpaired) electrons.